The Morgan fingerprint density at radius 2 is 2.14 bits per heavy atom. The summed E-state index contributed by atoms with van der Waals surface area (Å²) in [6.07, 6.45) is 3.37. The largest absolute Gasteiger partial charge is 0.362 e. The normalized spacial score (nSPS) is 16.6. The van der Waals surface area contributed by atoms with E-state index in [0.29, 0.717) is 9.23 Å². The number of anilines is 1. The van der Waals surface area contributed by atoms with Gasteiger partial charge in [-0.25, -0.2) is 9.97 Å². The van der Waals surface area contributed by atoms with Crippen LogP contribution in [0.25, 0.3) is 17.0 Å². The van der Waals surface area contributed by atoms with Crippen molar-refractivity contribution in [2.75, 3.05) is 19.0 Å². The first kappa shape index (κ1) is 14.0. The highest BCUT2D eigenvalue weighted by molar-refractivity contribution is 8.26. The number of nitrogens with one attached hydrogen (secondary N) is 1. The van der Waals surface area contributed by atoms with Gasteiger partial charge < -0.3 is 10.2 Å². The minimum Gasteiger partial charge on any atom is -0.362 e. The molecule has 3 rings (SSSR count). The quantitative estimate of drug-likeness (QED) is 0.677. The molecule has 21 heavy (non-hydrogen) atoms. The number of carbonyl (C=O) groups is 1. The number of hydrogen-bond donors (Lipinski definition) is 1. The third-order valence-electron chi connectivity index (χ3n) is 3.00. The molecule has 0 saturated carbocycles. The monoisotopic (exact) mass is 316 g/mol. The van der Waals surface area contributed by atoms with Crippen molar-refractivity contribution in [3.63, 3.8) is 0 Å². The van der Waals surface area contributed by atoms with Crippen molar-refractivity contribution in [1.29, 1.82) is 0 Å². The maximum atomic E-state index is 11.7. The molecular formula is C14H12N4OS2. The lowest BCUT2D eigenvalue weighted by molar-refractivity contribution is -0.115. The molecule has 1 N–H and O–H groups in total. The number of carbonyl (C=O) groups excluding carboxylic acids is 1. The molecule has 1 aromatic heterocycles. The molecular weight excluding hydrogens is 304 g/mol. The summed E-state index contributed by atoms with van der Waals surface area (Å²) in [7, 11) is 3.87. The highest BCUT2D eigenvalue weighted by Gasteiger charge is 2.22. The molecule has 1 aliphatic heterocycles. The average molecular weight is 316 g/mol. The van der Waals surface area contributed by atoms with E-state index in [1.807, 2.05) is 43.3 Å². The van der Waals surface area contributed by atoms with Gasteiger partial charge in [0.2, 0.25) is 0 Å². The number of thiocarbonyl (C=S) groups is 1. The Morgan fingerprint density at radius 3 is 2.81 bits per heavy atom. The minimum atomic E-state index is -0.151. The van der Waals surface area contributed by atoms with Gasteiger partial charge in [-0.2, -0.15) is 0 Å². The summed E-state index contributed by atoms with van der Waals surface area (Å²) in [5.74, 6) is 0.696. The molecule has 1 fully saturated rings. The van der Waals surface area contributed by atoms with Crippen LogP contribution in [0.2, 0.25) is 0 Å². The van der Waals surface area contributed by atoms with Gasteiger partial charge in [0.05, 0.1) is 10.4 Å². The lowest BCUT2D eigenvalue weighted by atomic mass is 10.1. The number of hydrogen-bond acceptors (Lipinski definition) is 6. The van der Waals surface area contributed by atoms with Gasteiger partial charge in [0.1, 0.15) is 16.5 Å². The van der Waals surface area contributed by atoms with Gasteiger partial charge in [-0.3, -0.25) is 4.79 Å². The van der Waals surface area contributed by atoms with E-state index in [1.54, 1.807) is 6.33 Å². The summed E-state index contributed by atoms with van der Waals surface area (Å²) < 4.78 is 0.490. The van der Waals surface area contributed by atoms with Gasteiger partial charge in [0.25, 0.3) is 5.91 Å². The van der Waals surface area contributed by atoms with Crippen LogP contribution in [0.4, 0.5) is 5.82 Å². The topological polar surface area (TPSA) is 58.1 Å². The van der Waals surface area contributed by atoms with Crippen molar-refractivity contribution in [3.05, 3.63) is 35.0 Å². The number of benzene rings is 1. The van der Waals surface area contributed by atoms with Crippen molar-refractivity contribution >= 4 is 57.0 Å². The Morgan fingerprint density at radius 1 is 1.33 bits per heavy atom. The van der Waals surface area contributed by atoms with Crippen molar-refractivity contribution in [1.82, 2.24) is 15.3 Å². The van der Waals surface area contributed by atoms with Crippen LogP contribution in [0.1, 0.15) is 5.56 Å². The zero-order valence-corrected chi connectivity index (χ0v) is 13.1. The molecule has 0 spiro atoms. The highest BCUT2D eigenvalue weighted by atomic mass is 32.2. The van der Waals surface area contributed by atoms with E-state index in [2.05, 4.69) is 15.3 Å². The van der Waals surface area contributed by atoms with E-state index in [9.17, 15) is 4.79 Å². The van der Waals surface area contributed by atoms with Gasteiger partial charge in [-0.05, 0) is 23.8 Å². The third-order valence-corrected chi connectivity index (χ3v) is 4.16. The molecule has 5 nitrogen and oxygen atoms in total. The second-order valence-corrected chi connectivity index (χ2v) is 6.44. The van der Waals surface area contributed by atoms with E-state index in [4.69, 9.17) is 12.2 Å². The standard InChI is InChI=1S/C14H12N4OS2/c1-18(2)12-9-5-8(3-4-10(9)15-7-16-12)6-11-13(19)17-14(20)21-11/h3-7H,1-2H3,(H,17,19,20)/b11-6-. The summed E-state index contributed by atoms with van der Waals surface area (Å²) in [6.45, 7) is 0. The van der Waals surface area contributed by atoms with E-state index in [1.165, 1.54) is 11.8 Å². The van der Waals surface area contributed by atoms with E-state index in [0.717, 1.165) is 22.3 Å². The van der Waals surface area contributed by atoms with Crippen LogP contribution in [0, 0.1) is 0 Å². The summed E-state index contributed by atoms with van der Waals surface area (Å²) in [5, 5.41) is 3.56. The first-order valence-electron chi connectivity index (χ1n) is 6.21. The molecule has 0 radical (unpaired) electrons. The van der Waals surface area contributed by atoms with Crippen molar-refractivity contribution in [3.8, 4) is 0 Å². The molecule has 0 bridgehead atoms. The Balaban J connectivity index is 2.09. The lowest BCUT2D eigenvalue weighted by Gasteiger charge is -2.13. The minimum absolute atomic E-state index is 0.151. The first-order chi connectivity index (χ1) is 10.0. The zero-order valence-electron chi connectivity index (χ0n) is 11.5. The Hall–Kier alpha value is -1.99. The second-order valence-electron chi connectivity index (χ2n) is 4.72. The summed E-state index contributed by atoms with van der Waals surface area (Å²) >= 11 is 6.26. The molecule has 0 unspecified atom stereocenters. The molecule has 2 heterocycles. The van der Waals surface area contributed by atoms with Gasteiger partial charge in [-0.1, -0.05) is 30.0 Å². The summed E-state index contributed by atoms with van der Waals surface area (Å²) in [6, 6.07) is 5.83. The van der Waals surface area contributed by atoms with Gasteiger partial charge in [-0.15, -0.1) is 0 Å². The van der Waals surface area contributed by atoms with Crippen molar-refractivity contribution < 1.29 is 4.79 Å². The number of fused-ring (bicyclic) bond motifs is 1. The van der Waals surface area contributed by atoms with E-state index >= 15 is 0 Å². The zero-order chi connectivity index (χ0) is 15.0. The van der Waals surface area contributed by atoms with Gasteiger partial charge in [0.15, 0.2) is 0 Å². The van der Waals surface area contributed by atoms with Crippen LogP contribution in [-0.4, -0.2) is 34.3 Å². The van der Waals surface area contributed by atoms with Crippen molar-refractivity contribution in [2.24, 2.45) is 0 Å². The molecule has 106 valence electrons. The summed E-state index contributed by atoms with van der Waals surface area (Å²) in [4.78, 5) is 22.8. The number of amides is 1. The molecule has 0 atom stereocenters. The smallest absolute Gasteiger partial charge is 0.263 e. The SMILES string of the molecule is CN(C)c1ncnc2ccc(/C=C3\SC(=S)NC3=O)cc12. The van der Waals surface area contributed by atoms with Gasteiger partial charge >= 0.3 is 0 Å². The van der Waals surface area contributed by atoms with E-state index in [-0.39, 0.29) is 5.91 Å². The predicted molar refractivity (Wildman–Crippen MR) is 90.2 cm³/mol. The Kier molecular flexibility index (Phi) is 3.60. The Bertz CT molecular complexity index is 786. The number of rotatable bonds is 2. The average Bonchev–Trinajstić information content (AvgIpc) is 2.76. The highest BCUT2D eigenvalue weighted by Crippen LogP contribution is 2.28. The summed E-state index contributed by atoms with van der Waals surface area (Å²) in [5.41, 5.74) is 1.79. The van der Waals surface area contributed by atoms with Crippen LogP contribution in [-0.2, 0) is 4.79 Å². The van der Waals surface area contributed by atoms with Gasteiger partial charge in [0, 0.05) is 19.5 Å². The maximum absolute atomic E-state index is 11.7. The van der Waals surface area contributed by atoms with Crippen LogP contribution in [0.5, 0.6) is 0 Å². The lowest BCUT2D eigenvalue weighted by Crippen LogP contribution is -2.17. The molecule has 2 aromatic rings. The number of thioether (sulfide) groups is 1. The molecule has 1 amide bonds. The molecule has 1 saturated heterocycles. The van der Waals surface area contributed by atoms with E-state index < -0.39 is 0 Å². The number of nitrogens with zero attached hydrogens (tertiary/aromatic N) is 3. The first-order valence-corrected chi connectivity index (χ1v) is 7.44. The number of aromatic nitrogens is 2. The molecule has 7 heteroatoms. The fourth-order valence-corrected chi connectivity index (χ4v) is 3.12. The Labute approximate surface area is 131 Å². The predicted octanol–water partition coefficient (Wildman–Crippen LogP) is 2.18. The molecule has 1 aliphatic rings. The third kappa shape index (κ3) is 2.74. The fourth-order valence-electron chi connectivity index (χ4n) is 2.08. The van der Waals surface area contributed by atoms with Crippen LogP contribution >= 0.6 is 24.0 Å². The molecule has 0 aliphatic carbocycles. The van der Waals surface area contributed by atoms with Crippen molar-refractivity contribution in [2.45, 2.75) is 0 Å². The van der Waals surface area contributed by atoms with Crippen LogP contribution in [0.15, 0.2) is 29.4 Å². The second kappa shape index (κ2) is 5.42. The van der Waals surface area contributed by atoms with Crippen LogP contribution < -0.4 is 10.2 Å². The molecule has 1 aromatic carbocycles. The maximum Gasteiger partial charge on any atom is 0.263 e. The van der Waals surface area contributed by atoms with Crippen LogP contribution in [0.3, 0.4) is 0 Å². The fraction of sp³-hybridized carbons (Fsp3) is 0.143.